The molecule has 0 aliphatic carbocycles. The van der Waals surface area contributed by atoms with Crippen molar-refractivity contribution in [2.45, 2.75) is 26.9 Å². The molecular formula is C16H19N3O3. The summed E-state index contributed by atoms with van der Waals surface area (Å²) in [7, 11) is 0. The number of rotatable bonds is 7. The number of carboxylic acids is 1. The van der Waals surface area contributed by atoms with Crippen LogP contribution in [0, 0.1) is 0 Å². The van der Waals surface area contributed by atoms with Crippen LogP contribution in [0.2, 0.25) is 0 Å². The number of aryl methyl sites for hydroxylation is 1. The molecule has 0 saturated heterocycles. The first kappa shape index (κ1) is 15.8. The maximum absolute atomic E-state index is 11.1. The highest BCUT2D eigenvalue weighted by molar-refractivity contribution is 5.86. The van der Waals surface area contributed by atoms with E-state index < -0.39 is 5.97 Å². The highest BCUT2D eigenvalue weighted by Gasteiger charge is 2.10. The van der Waals surface area contributed by atoms with E-state index in [4.69, 9.17) is 9.84 Å². The van der Waals surface area contributed by atoms with Gasteiger partial charge < -0.3 is 15.2 Å². The first-order chi connectivity index (χ1) is 10.6. The number of carboxylic acid groups (broad SMARTS) is 1. The lowest BCUT2D eigenvalue weighted by Gasteiger charge is -2.09. The van der Waals surface area contributed by atoms with Crippen molar-refractivity contribution >= 4 is 11.8 Å². The minimum absolute atomic E-state index is 0.0501. The number of carbonyl (C=O) groups is 1. The van der Waals surface area contributed by atoms with E-state index in [1.807, 2.05) is 31.2 Å². The molecule has 0 fully saturated rings. The van der Waals surface area contributed by atoms with Crippen LogP contribution in [0.1, 0.15) is 35.7 Å². The molecule has 0 aliphatic rings. The summed E-state index contributed by atoms with van der Waals surface area (Å²) >= 11 is 0. The molecule has 0 unspecified atom stereocenters. The average Bonchev–Trinajstić information content (AvgIpc) is 2.53. The van der Waals surface area contributed by atoms with Gasteiger partial charge in [0.1, 0.15) is 18.2 Å². The summed E-state index contributed by atoms with van der Waals surface area (Å²) in [6.07, 6.45) is 0.968. The van der Waals surface area contributed by atoms with Gasteiger partial charge in [0.25, 0.3) is 0 Å². The highest BCUT2D eigenvalue weighted by Crippen LogP contribution is 2.14. The molecule has 0 spiro atoms. The number of aromatic carboxylic acids is 1. The van der Waals surface area contributed by atoms with Crippen LogP contribution in [0.25, 0.3) is 0 Å². The molecule has 116 valence electrons. The SMILES string of the molecule is CCNc1cc(C(=O)O)nc(COc2ccc(CC)cc2)n1. The monoisotopic (exact) mass is 301 g/mol. The summed E-state index contributed by atoms with van der Waals surface area (Å²) in [5, 5.41) is 12.1. The number of hydrogen-bond acceptors (Lipinski definition) is 5. The fourth-order valence-electron chi connectivity index (χ4n) is 1.91. The Balaban J connectivity index is 2.11. The molecule has 0 amide bonds. The maximum atomic E-state index is 11.1. The molecule has 0 atom stereocenters. The molecular weight excluding hydrogens is 282 g/mol. The van der Waals surface area contributed by atoms with Gasteiger partial charge in [0, 0.05) is 12.6 Å². The van der Waals surface area contributed by atoms with Crippen LogP contribution in [0.15, 0.2) is 30.3 Å². The second-order valence-electron chi connectivity index (χ2n) is 4.68. The topological polar surface area (TPSA) is 84.3 Å². The summed E-state index contributed by atoms with van der Waals surface area (Å²) in [5.41, 5.74) is 1.18. The fraction of sp³-hybridized carbons (Fsp3) is 0.312. The predicted octanol–water partition coefficient (Wildman–Crippen LogP) is 2.75. The highest BCUT2D eigenvalue weighted by atomic mass is 16.5. The number of benzene rings is 1. The molecule has 1 heterocycles. The molecule has 0 bridgehead atoms. The molecule has 0 radical (unpaired) electrons. The third kappa shape index (κ3) is 4.18. The van der Waals surface area contributed by atoms with Gasteiger partial charge in [0.2, 0.25) is 0 Å². The molecule has 0 saturated carbocycles. The molecule has 6 nitrogen and oxygen atoms in total. The maximum Gasteiger partial charge on any atom is 0.354 e. The lowest BCUT2D eigenvalue weighted by atomic mass is 10.2. The van der Waals surface area contributed by atoms with Crippen molar-refractivity contribution in [2.75, 3.05) is 11.9 Å². The van der Waals surface area contributed by atoms with E-state index in [0.29, 0.717) is 23.9 Å². The third-order valence-electron chi connectivity index (χ3n) is 3.05. The Morgan fingerprint density at radius 3 is 2.55 bits per heavy atom. The molecule has 1 aromatic carbocycles. The Hall–Kier alpha value is -2.63. The van der Waals surface area contributed by atoms with E-state index in [-0.39, 0.29) is 12.3 Å². The lowest BCUT2D eigenvalue weighted by molar-refractivity contribution is 0.0689. The normalized spacial score (nSPS) is 10.3. The van der Waals surface area contributed by atoms with Crippen molar-refractivity contribution in [2.24, 2.45) is 0 Å². The van der Waals surface area contributed by atoms with Crippen LogP contribution in [-0.2, 0) is 13.0 Å². The third-order valence-corrected chi connectivity index (χ3v) is 3.05. The van der Waals surface area contributed by atoms with Crippen LogP contribution in [0.5, 0.6) is 5.75 Å². The lowest BCUT2D eigenvalue weighted by Crippen LogP contribution is -2.11. The van der Waals surface area contributed by atoms with Gasteiger partial charge in [-0.2, -0.15) is 0 Å². The number of ether oxygens (including phenoxy) is 1. The van der Waals surface area contributed by atoms with E-state index in [2.05, 4.69) is 22.2 Å². The fourth-order valence-corrected chi connectivity index (χ4v) is 1.91. The van der Waals surface area contributed by atoms with E-state index in [1.165, 1.54) is 11.6 Å². The number of nitrogens with one attached hydrogen (secondary N) is 1. The predicted molar refractivity (Wildman–Crippen MR) is 83.3 cm³/mol. The minimum Gasteiger partial charge on any atom is -0.486 e. The van der Waals surface area contributed by atoms with Gasteiger partial charge in [-0.15, -0.1) is 0 Å². The van der Waals surface area contributed by atoms with Gasteiger partial charge >= 0.3 is 5.97 Å². The summed E-state index contributed by atoms with van der Waals surface area (Å²) in [4.78, 5) is 19.3. The number of nitrogens with zero attached hydrogens (tertiary/aromatic N) is 2. The molecule has 2 aromatic rings. The first-order valence-corrected chi connectivity index (χ1v) is 7.19. The van der Waals surface area contributed by atoms with Crippen molar-refractivity contribution in [1.29, 1.82) is 0 Å². The molecule has 6 heteroatoms. The van der Waals surface area contributed by atoms with Crippen molar-refractivity contribution in [3.05, 3.63) is 47.4 Å². The van der Waals surface area contributed by atoms with Gasteiger partial charge in [-0.25, -0.2) is 14.8 Å². The van der Waals surface area contributed by atoms with Gasteiger partial charge in [0.15, 0.2) is 11.5 Å². The van der Waals surface area contributed by atoms with Crippen LogP contribution < -0.4 is 10.1 Å². The van der Waals surface area contributed by atoms with Gasteiger partial charge in [-0.3, -0.25) is 0 Å². The molecule has 2 N–H and O–H groups in total. The summed E-state index contributed by atoms with van der Waals surface area (Å²) in [5.74, 6) is 0.423. The van der Waals surface area contributed by atoms with Gasteiger partial charge in [0.05, 0.1) is 0 Å². The van der Waals surface area contributed by atoms with E-state index >= 15 is 0 Å². The second-order valence-corrected chi connectivity index (χ2v) is 4.68. The molecule has 0 aliphatic heterocycles. The Bertz CT molecular complexity index is 642. The van der Waals surface area contributed by atoms with Crippen LogP contribution >= 0.6 is 0 Å². The van der Waals surface area contributed by atoms with Crippen molar-refractivity contribution < 1.29 is 14.6 Å². The number of anilines is 1. The molecule has 2 rings (SSSR count). The summed E-state index contributed by atoms with van der Waals surface area (Å²) < 4.78 is 5.61. The number of hydrogen-bond donors (Lipinski definition) is 2. The molecule has 1 aromatic heterocycles. The van der Waals surface area contributed by atoms with Gasteiger partial charge in [-0.05, 0) is 31.0 Å². The average molecular weight is 301 g/mol. The van der Waals surface area contributed by atoms with Crippen molar-refractivity contribution in [3.63, 3.8) is 0 Å². The standard InChI is InChI=1S/C16H19N3O3/c1-3-11-5-7-12(8-6-11)22-10-15-18-13(16(20)21)9-14(19-15)17-4-2/h5-9H,3-4,10H2,1-2H3,(H,20,21)(H,17,18,19). The molecule has 22 heavy (non-hydrogen) atoms. The zero-order chi connectivity index (χ0) is 15.9. The summed E-state index contributed by atoms with van der Waals surface area (Å²) in [6.45, 7) is 4.76. The second kappa shape index (κ2) is 7.40. The largest absolute Gasteiger partial charge is 0.486 e. The Morgan fingerprint density at radius 1 is 1.23 bits per heavy atom. The smallest absolute Gasteiger partial charge is 0.354 e. The quantitative estimate of drug-likeness (QED) is 0.818. The van der Waals surface area contributed by atoms with Crippen molar-refractivity contribution in [1.82, 2.24) is 9.97 Å². The van der Waals surface area contributed by atoms with E-state index in [1.54, 1.807) is 0 Å². The zero-order valence-electron chi connectivity index (χ0n) is 12.7. The van der Waals surface area contributed by atoms with Gasteiger partial charge in [-0.1, -0.05) is 19.1 Å². The Kier molecular flexibility index (Phi) is 5.30. The van der Waals surface area contributed by atoms with Crippen LogP contribution in [0.4, 0.5) is 5.82 Å². The van der Waals surface area contributed by atoms with E-state index in [9.17, 15) is 4.79 Å². The minimum atomic E-state index is -1.09. The van der Waals surface area contributed by atoms with Crippen LogP contribution in [0.3, 0.4) is 0 Å². The summed E-state index contributed by atoms with van der Waals surface area (Å²) in [6, 6.07) is 9.16. The van der Waals surface area contributed by atoms with Crippen molar-refractivity contribution in [3.8, 4) is 5.75 Å². The van der Waals surface area contributed by atoms with E-state index in [0.717, 1.165) is 6.42 Å². The van der Waals surface area contributed by atoms with Crippen LogP contribution in [-0.4, -0.2) is 27.6 Å². The Labute approximate surface area is 129 Å². The number of aromatic nitrogens is 2. The zero-order valence-corrected chi connectivity index (χ0v) is 12.7. The first-order valence-electron chi connectivity index (χ1n) is 7.19. The Morgan fingerprint density at radius 2 is 1.95 bits per heavy atom.